The van der Waals surface area contributed by atoms with Gasteiger partial charge >= 0.3 is 0 Å². The smallest absolute Gasteiger partial charge is 0.0495 e. The largest absolute Gasteiger partial charge is 0.378 e. The highest BCUT2D eigenvalue weighted by atomic mass is 35.5. The van der Waals surface area contributed by atoms with E-state index in [0.29, 0.717) is 6.54 Å². The van der Waals surface area contributed by atoms with Crippen molar-refractivity contribution in [2.75, 3.05) is 11.9 Å². The topological polar surface area (TPSA) is 38.0 Å². The Bertz CT molecular complexity index is 472. The van der Waals surface area contributed by atoms with Crippen LogP contribution in [0.25, 0.3) is 0 Å². The second kappa shape index (κ2) is 7.02. The summed E-state index contributed by atoms with van der Waals surface area (Å²) in [7, 11) is 0. The number of aryl methyl sites for hydroxylation is 1. The maximum atomic E-state index is 6.25. The van der Waals surface area contributed by atoms with Gasteiger partial charge < -0.3 is 11.1 Å². The molecule has 2 unspecified atom stereocenters. The summed E-state index contributed by atoms with van der Waals surface area (Å²) in [5, 5.41) is 4.52. The first-order valence-electron chi connectivity index (χ1n) is 8.20. The predicted molar refractivity (Wildman–Crippen MR) is 93.0 cm³/mol. The summed E-state index contributed by atoms with van der Waals surface area (Å²) < 4.78 is 0. The van der Waals surface area contributed by atoms with Gasteiger partial charge in [0.2, 0.25) is 0 Å². The van der Waals surface area contributed by atoms with Crippen LogP contribution in [0.4, 0.5) is 5.69 Å². The van der Waals surface area contributed by atoms with E-state index in [1.165, 1.54) is 19.3 Å². The predicted octanol–water partition coefficient (Wildman–Crippen LogP) is 4.99. The van der Waals surface area contributed by atoms with Crippen LogP contribution < -0.4 is 11.1 Å². The van der Waals surface area contributed by atoms with Crippen molar-refractivity contribution in [1.82, 2.24) is 0 Å². The molecule has 1 aromatic rings. The zero-order chi connectivity index (χ0) is 15.5. The number of hydrogen-bond donors (Lipinski definition) is 2. The molecule has 0 heterocycles. The van der Waals surface area contributed by atoms with Crippen molar-refractivity contribution >= 4 is 17.3 Å². The van der Waals surface area contributed by atoms with E-state index in [0.717, 1.165) is 41.0 Å². The fourth-order valence-corrected chi connectivity index (χ4v) is 3.64. The fourth-order valence-electron chi connectivity index (χ4n) is 3.46. The molecule has 3 N–H and O–H groups in total. The standard InChI is InChI=1S/C18H29ClN2/c1-13(2)15-5-4-9-18(12-20,10-8-15)21-16-7-6-14(3)17(19)11-16/h6-7,11,13,15,21H,4-5,8-10,12,20H2,1-3H3. The van der Waals surface area contributed by atoms with Gasteiger partial charge in [-0.1, -0.05) is 44.4 Å². The van der Waals surface area contributed by atoms with Gasteiger partial charge in [0, 0.05) is 22.8 Å². The van der Waals surface area contributed by atoms with Crippen LogP contribution in [-0.4, -0.2) is 12.1 Å². The Kier molecular flexibility index (Phi) is 5.56. The number of halogens is 1. The molecule has 21 heavy (non-hydrogen) atoms. The molecule has 0 saturated heterocycles. The first-order valence-corrected chi connectivity index (χ1v) is 8.58. The summed E-state index contributed by atoms with van der Waals surface area (Å²) >= 11 is 6.25. The Balaban J connectivity index is 2.12. The summed E-state index contributed by atoms with van der Waals surface area (Å²) in [6.07, 6.45) is 6.15. The lowest BCUT2D eigenvalue weighted by Gasteiger charge is -2.34. The molecule has 3 heteroatoms. The second-order valence-electron chi connectivity index (χ2n) is 7.01. The summed E-state index contributed by atoms with van der Waals surface area (Å²) in [6, 6.07) is 6.21. The Morgan fingerprint density at radius 2 is 2.10 bits per heavy atom. The van der Waals surface area contributed by atoms with Gasteiger partial charge in [-0.05, 0) is 55.7 Å². The molecule has 2 atom stereocenters. The molecule has 0 aliphatic heterocycles. The minimum Gasteiger partial charge on any atom is -0.378 e. The third-order valence-electron chi connectivity index (χ3n) is 5.14. The summed E-state index contributed by atoms with van der Waals surface area (Å²) in [5.41, 5.74) is 8.39. The van der Waals surface area contributed by atoms with Crippen LogP contribution in [-0.2, 0) is 0 Å². The lowest BCUT2D eigenvalue weighted by molar-refractivity contribution is 0.332. The summed E-state index contributed by atoms with van der Waals surface area (Å²) in [5.74, 6) is 1.61. The van der Waals surface area contributed by atoms with Gasteiger partial charge in [-0.25, -0.2) is 0 Å². The number of hydrogen-bond acceptors (Lipinski definition) is 2. The number of benzene rings is 1. The van der Waals surface area contributed by atoms with Crippen LogP contribution in [0.1, 0.15) is 51.5 Å². The minimum atomic E-state index is 0.0300. The van der Waals surface area contributed by atoms with Crippen LogP contribution in [0, 0.1) is 18.8 Å². The third-order valence-corrected chi connectivity index (χ3v) is 5.55. The molecule has 1 aliphatic rings. The van der Waals surface area contributed by atoms with Crippen molar-refractivity contribution in [3.05, 3.63) is 28.8 Å². The minimum absolute atomic E-state index is 0.0300. The monoisotopic (exact) mass is 308 g/mol. The second-order valence-corrected chi connectivity index (χ2v) is 7.42. The first kappa shape index (κ1) is 16.6. The molecule has 1 aliphatic carbocycles. The Morgan fingerprint density at radius 3 is 2.71 bits per heavy atom. The Morgan fingerprint density at radius 1 is 1.33 bits per heavy atom. The lowest BCUT2D eigenvalue weighted by atomic mass is 9.86. The molecular formula is C18H29ClN2. The average Bonchev–Trinajstić information content (AvgIpc) is 2.66. The zero-order valence-electron chi connectivity index (χ0n) is 13.6. The van der Waals surface area contributed by atoms with Crippen LogP contribution in [0.5, 0.6) is 0 Å². The number of nitrogens with one attached hydrogen (secondary N) is 1. The zero-order valence-corrected chi connectivity index (χ0v) is 14.3. The maximum absolute atomic E-state index is 6.25. The molecule has 1 fully saturated rings. The van der Waals surface area contributed by atoms with Gasteiger partial charge in [-0.2, -0.15) is 0 Å². The molecule has 1 saturated carbocycles. The van der Waals surface area contributed by atoms with Gasteiger partial charge in [-0.3, -0.25) is 0 Å². The molecule has 0 amide bonds. The average molecular weight is 309 g/mol. The fraction of sp³-hybridized carbons (Fsp3) is 0.667. The van der Waals surface area contributed by atoms with E-state index in [2.05, 4.69) is 31.3 Å². The highest BCUT2D eigenvalue weighted by molar-refractivity contribution is 6.31. The molecule has 0 aromatic heterocycles. The summed E-state index contributed by atoms with van der Waals surface area (Å²) in [6.45, 7) is 7.40. The van der Waals surface area contributed by atoms with Crippen LogP contribution in [0.3, 0.4) is 0 Å². The van der Waals surface area contributed by atoms with Gasteiger partial charge in [0.05, 0.1) is 0 Å². The van der Waals surface area contributed by atoms with E-state index in [1.54, 1.807) is 0 Å². The molecule has 118 valence electrons. The van der Waals surface area contributed by atoms with Crippen molar-refractivity contribution in [3.8, 4) is 0 Å². The molecule has 2 rings (SSSR count). The van der Waals surface area contributed by atoms with Gasteiger partial charge in [0.25, 0.3) is 0 Å². The van der Waals surface area contributed by atoms with Gasteiger partial charge in [0.15, 0.2) is 0 Å². The van der Waals surface area contributed by atoms with E-state index in [9.17, 15) is 0 Å². The first-order chi connectivity index (χ1) is 9.96. The molecule has 0 bridgehead atoms. The van der Waals surface area contributed by atoms with Crippen LogP contribution in [0.15, 0.2) is 18.2 Å². The number of rotatable bonds is 4. The molecule has 2 nitrogen and oxygen atoms in total. The maximum Gasteiger partial charge on any atom is 0.0495 e. The number of anilines is 1. The van der Waals surface area contributed by atoms with E-state index in [4.69, 9.17) is 17.3 Å². The van der Waals surface area contributed by atoms with E-state index >= 15 is 0 Å². The molecule has 0 spiro atoms. The van der Waals surface area contributed by atoms with Crippen molar-refractivity contribution in [2.45, 2.75) is 58.4 Å². The Hall–Kier alpha value is -0.730. The number of nitrogens with two attached hydrogens (primary N) is 1. The third kappa shape index (κ3) is 4.14. The van der Waals surface area contributed by atoms with E-state index in [-0.39, 0.29) is 5.54 Å². The van der Waals surface area contributed by atoms with Gasteiger partial charge in [0.1, 0.15) is 0 Å². The van der Waals surface area contributed by atoms with E-state index < -0.39 is 0 Å². The lowest BCUT2D eigenvalue weighted by Crippen LogP contribution is -2.45. The quantitative estimate of drug-likeness (QED) is 0.769. The highest BCUT2D eigenvalue weighted by Crippen LogP contribution is 2.36. The Labute approximate surface area is 134 Å². The SMILES string of the molecule is Cc1ccc(NC2(CN)CCCC(C(C)C)CC2)cc1Cl. The molecule has 0 radical (unpaired) electrons. The van der Waals surface area contributed by atoms with Crippen LogP contribution in [0.2, 0.25) is 5.02 Å². The normalized spacial score (nSPS) is 26.7. The van der Waals surface area contributed by atoms with Crippen molar-refractivity contribution in [1.29, 1.82) is 0 Å². The molecular weight excluding hydrogens is 280 g/mol. The van der Waals surface area contributed by atoms with Crippen molar-refractivity contribution in [3.63, 3.8) is 0 Å². The van der Waals surface area contributed by atoms with Gasteiger partial charge in [-0.15, -0.1) is 0 Å². The van der Waals surface area contributed by atoms with Crippen LogP contribution >= 0.6 is 11.6 Å². The van der Waals surface area contributed by atoms with E-state index in [1.807, 2.05) is 13.0 Å². The van der Waals surface area contributed by atoms with Crippen molar-refractivity contribution in [2.24, 2.45) is 17.6 Å². The summed E-state index contributed by atoms with van der Waals surface area (Å²) in [4.78, 5) is 0. The highest BCUT2D eigenvalue weighted by Gasteiger charge is 2.32. The molecule has 1 aromatic carbocycles. The van der Waals surface area contributed by atoms with Crippen molar-refractivity contribution < 1.29 is 0 Å².